The van der Waals surface area contributed by atoms with Crippen molar-refractivity contribution in [3.05, 3.63) is 0 Å². The fourth-order valence-electron chi connectivity index (χ4n) is 1.14. The van der Waals surface area contributed by atoms with Crippen molar-refractivity contribution in [3.8, 4) is 0 Å². The van der Waals surface area contributed by atoms with E-state index in [-0.39, 0.29) is 5.97 Å². The molecule has 0 bridgehead atoms. The molecule has 1 saturated heterocycles. The highest BCUT2D eigenvalue weighted by Crippen LogP contribution is 2.25. The number of hydrogen-bond acceptors (Lipinski definition) is 3. The summed E-state index contributed by atoms with van der Waals surface area (Å²) in [7, 11) is 0. The lowest BCUT2D eigenvalue weighted by molar-refractivity contribution is -0.203. The van der Waals surface area contributed by atoms with Crippen molar-refractivity contribution in [1.82, 2.24) is 0 Å². The number of carbonyl (C=O) groups excluding carboxylic acids is 1. The van der Waals surface area contributed by atoms with Crippen LogP contribution in [-0.4, -0.2) is 18.4 Å². The molecule has 3 nitrogen and oxygen atoms in total. The molecule has 0 aromatic rings. The molecule has 0 aromatic heterocycles. The molecule has 10 heavy (non-hydrogen) atoms. The largest absolute Gasteiger partial charge is 0.434 e. The van der Waals surface area contributed by atoms with E-state index in [0.717, 1.165) is 12.8 Å². The summed E-state index contributed by atoms with van der Waals surface area (Å²) in [6.45, 7) is 3.89. The molecule has 1 aliphatic heterocycles. The predicted octanol–water partition coefficient (Wildman–Crippen LogP) is 1.08. The zero-order valence-electron chi connectivity index (χ0n) is 6.35. The standard InChI is InChI=1S/C7H12O3/c1-6(8)10-7(2)4-3-5-9-7/h3-5H2,1-2H3. The summed E-state index contributed by atoms with van der Waals surface area (Å²) < 4.78 is 10.1. The molecular formula is C7H12O3. The maximum absolute atomic E-state index is 10.5. The average molecular weight is 144 g/mol. The topological polar surface area (TPSA) is 35.5 Å². The van der Waals surface area contributed by atoms with Gasteiger partial charge in [-0.05, 0) is 6.42 Å². The van der Waals surface area contributed by atoms with Gasteiger partial charge in [0.05, 0.1) is 6.61 Å². The normalized spacial score (nSPS) is 32.2. The first kappa shape index (κ1) is 7.54. The van der Waals surface area contributed by atoms with Gasteiger partial charge in [-0.15, -0.1) is 0 Å². The Balaban J connectivity index is 2.43. The van der Waals surface area contributed by atoms with Crippen LogP contribution in [0.15, 0.2) is 0 Å². The van der Waals surface area contributed by atoms with Crippen molar-refractivity contribution in [2.75, 3.05) is 6.61 Å². The van der Waals surface area contributed by atoms with Crippen LogP contribution in [0.5, 0.6) is 0 Å². The second kappa shape index (κ2) is 2.58. The highest BCUT2D eigenvalue weighted by atomic mass is 16.7. The molecule has 0 aliphatic carbocycles. The Hall–Kier alpha value is -0.570. The summed E-state index contributed by atoms with van der Waals surface area (Å²) >= 11 is 0. The van der Waals surface area contributed by atoms with Crippen molar-refractivity contribution in [2.45, 2.75) is 32.5 Å². The summed E-state index contributed by atoms with van der Waals surface area (Å²) in [4.78, 5) is 10.5. The Morgan fingerprint density at radius 1 is 1.70 bits per heavy atom. The molecule has 1 aliphatic rings. The van der Waals surface area contributed by atoms with Crippen LogP contribution in [-0.2, 0) is 14.3 Å². The lowest BCUT2D eigenvalue weighted by Gasteiger charge is -2.21. The monoisotopic (exact) mass is 144 g/mol. The zero-order chi connectivity index (χ0) is 7.61. The number of ether oxygens (including phenoxy) is 2. The van der Waals surface area contributed by atoms with Crippen molar-refractivity contribution >= 4 is 5.97 Å². The van der Waals surface area contributed by atoms with E-state index >= 15 is 0 Å². The molecule has 1 rings (SSSR count). The second-order valence-electron chi connectivity index (χ2n) is 2.68. The molecule has 1 unspecified atom stereocenters. The maximum Gasteiger partial charge on any atom is 0.305 e. The highest BCUT2D eigenvalue weighted by molar-refractivity contribution is 5.66. The second-order valence-corrected chi connectivity index (χ2v) is 2.68. The van der Waals surface area contributed by atoms with Crippen molar-refractivity contribution in [3.63, 3.8) is 0 Å². The lowest BCUT2D eigenvalue weighted by Crippen LogP contribution is -2.29. The number of rotatable bonds is 1. The van der Waals surface area contributed by atoms with Gasteiger partial charge in [0, 0.05) is 20.3 Å². The third-order valence-corrected chi connectivity index (χ3v) is 1.54. The van der Waals surface area contributed by atoms with Gasteiger partial charge in [-0.25, -0.2) is 0 Å². The molecule has 1 fully saturated rings. The quantitative estimate of drug-likeness (QED) is 0.516. The van der Waals surface area contributed by atoms with Crippen molar-refractivity contribution in [1.29, 1.82) is 0 Å². The minimum Gasteiger partial charge on any atom is -0.434 e. The molecule has 0 N–H and O–H groups in total. The van der Waals surface area contributed by atoms with Gasteiger partial charge in [0.15, 0.2) is 0 Å². The molecule has 0 saturated carbocycles. The van der Waals surface area contributed by atoms with Gasteiger partial charge in [0.25, 0.3) is 0 Å². The van der Waals surface area contributed by atoms with Crippen LogP contribution in [0.3, 0.4) is 0 Å². The van der Waals surface area contributed by atoms with E-state index in [2.05, 4.69) is 0 Å². The Labute approximate surface area is 60.3 Å². The van der Waals surface area contributed by atoms with E-state index in [1.165, 1.54) is 6.92 Å². The van der Waals surface area contributed by atoms with Crippen LogP contribution >= 0.6 is 0 Å². The number of esters is 1. The Bertz CT molecular complexity index is 136. The van der Waals surface area contributed by atoms with Crippen molar-refractivity contribution < 1.29 is 14.3 Å². The van der Waals surface area contributed by atoms with E-state index in [9.17, 15) is 4.79 Å². The number of carbonyl (C=O) groups is 1. The first-order chi connectivity index (χ1) is 4.62. The third-order valence-electron chi connectivity index (χ3n) is 1.54. The highest BCUT2D eigenvalue weighted by Gasteiger charge is 2.32. The van der Waals surface area contributed by atoms with Crippen LogP contribution in [0.2, 0.25) is 0 Å². The van der Waals surface area contributed by atoms with E-state index < -0.39 is 5.79 Å². The van der Waals surface area contributed by atoms with Gasteiger partial charge in [-0.1, -0.05) is 0 Å². The SMILES string of the molecule is CC(=O)OC1(C)CCCO1. The predicted molar refractivity (Wildman–Crippen MR) is 35.4 cm³/mol. The van der Waals surface area contributed by atoms with Gasteiger partial charge in [0.1, 0.15) is 0 Å². The Morgan fingerprint density at radius 2 is 2.40 bits per heavy atom. The molecule has 58 valence electrons. The summed E-state index contributed by atoms with van der Waals surface area (Å²) in [5, 5.41) is 0. The third kappa shape index (κ3) is 1.70. The van der Waals surface area contributed by atoms with Gasteiger partial charge >= 0.3 is 5.97 Å². The van der Waals surface area contributed by atoms with Crippen LogP contribution in [0.4, 0.5) is 0 Å². The van der Waals surface area contributed by atoms with E-state index in [1.807, 2.05) is 0 Å². The molecular weight excluding hydrogens is 132 g/mol. The van der Waals surface area contributed by atoms with Crippen LogP contribution < -0.4 is 0 Å². The smallest absolute Gasteiger partial charge is 0.305 e. The molecule has 0 spiro atoms. The number of hydrogen-bond donors (Lipinski definition) is 0. The van der Waals surface area contributed by atoms with Gasteiger partial charge in [-0.3, -0.25) is 4.79 Å². The summed E-state index contributed by atoms with van der Waals surface area (Å²) in [6, 6.07) is 0. The Morgan fingerprint density at radius 3 is 2.80 bits per heavy atom. The van der Waals surface area contributed by atoms with Crippen LogP contribution in [0, 0.1) is 0 Å². The summed E-state index contributed by atoms with van der Waals surface area (Å²) in [5.74, 6) is -0.907. The van der Waals surface area contributed by atoms with Gasteiger partial charge in [-0.2, -0.15) is 0 Å². The maximum atomic E-state index is 10.5. The fraction of sp³-hybridized carbons (Fsp3) is 0.857. The summed E-state index contributed by atoms with van der Waals surface area (Å²) in [6.07, 6.45) is 1.79. The molecule has 0 radical (unpaired) electrons. The molecule has 3 heteroatoms. The first-order valence-electron chi connectivity index (χ1n) is 3.46. The van der Waals surface area contributed by atoms with Gasteiger partial charge < -0.3 is 9.47 Å². The average Bonchev–Trinajstić information content (AvgIpc) is 2.12. The molecule has 1 atom stereocenters. The Kier molecular flexibility index (Phi) is 1.94. The van der Waals surface area contributed by atoms with E-state index in [4.69, 9.17) is 9.47 Å². The lowest BCUT2D eigenvalue weighted by atomic mass is 10.2. The fourth-order valence-corrected chi connectivity index (χ4v) is 1.14. The molecule has 0 amide bonds. The van der Waals surface area contributed by atoms with Crippen LogP contribution in [0.25, 0.3) is 0 Å². The molecule has 1 heterocycles. The first-order valence-corrected chi connectivity index (χ1v) is 3.46. The van der Waals surface area contributed by atoms with E-state index in [0.29, 0.717) is 6.61 Å². The van der Waals surface area contributed by atoms with Crippen molar-refractivity contribution in [2.24, 2.45) is 0 Å². The molecule has 0 aromatic carbocycles. The minimum atomic E-state index is -0.633. The minimum absolute atomic E-state index is 0.274. The summed E-state index contributed by atoms with van der Waals surface area (Å²) in [5.41, 5.74) is 0. The zero-order valence-corrected chi connectivity index (χ0v) is 6.35. The van der Waals surface area contributed by atoms with Gasteiger partial charge in [0.2, 0.25) is 5.79 Å². The van der Waals surface area contributed by atoms with E-state index in [1.54, 1.807) is 6.92 Å². The van der Waals surface area contributed by atoms with Crippen LogP contribution in [0.1, 0.15) is 26.7 Å².